The van der Waals surface area contributed by atoms with Gasteiger partial charge in [0.15, 0.2) is 6.61 Å². The van der Waals surface area contributed by atoms with Crippen molar-refractivity contribution >= 4 is 46.9 Å². The Morgan fingerprint density at radius 2 is 1.68 bits per heavy atom. The number of halogens is 2. The Balaban J connectivity index is 2.30. The van der Waals surface area contributed by atoms with Crippen molar-refractivity contribution in [3.8, 4) is 0 Å². The highest BCUT2D eigenvalue weighted by molar-refractivity contribution is 6.42. The van der Waals surface area contributed by atoms with E-state index in [9.17, 15) is 19.2 Å². The summed E-state index contributed by atoms with van der Waals surface area (Å²) in [4.78, 5) is 45.9. The third kappa shape index (κ3) is 7.86. The lowest BCUT2D eigenvalue weighted by Gasteiger charge is -2.08. The van der Waals surface area contributed by atoms with Crippen molar-refractivity contribution in [1.82, 2.24) is 16.0 Å². The molecular weight excluding hydrogens is 373 g/mol. The maximum atomic E-state index is 11.8. The van der Waals surface area contributed by atoms with Crippen molar-refractivity contribution in [2.45, 2.75) is 6.92 Å². The first-order valence-corrected chi connectivity index (χ1v) is 8.01. The second kappa shape index (κ2) is 10.5. The minimum atomic E-state index is -0.804. The number of amides is 3. The highest BCUT2D eigenvalue weighted by Crippen LogP contribution is 2.22. The van der Waals surface area contributed by atoms with Gasteiger partial charge >= 0.3 is 5.97 Å². The number of rotatable bonds is 8. The van der Waals surface area contributed by atoms with Crippen molar-refractivity contribution in [3.05, 3.63) is 33.8 Å². The first kappa shape index (κ1) is 20.7. The fourth-order valence-electron chi connectivity index (χ4n) is 1.58. The number of hydrogen-bond donors (Lipinski definition) is 3. The highest BCUT2D eigenvalue weighted by atomic mass is 35.5. The van der Waals surface area contributed by atoms with E-state index < -0.39 is 30.9 Å². The van der Waals surface area contributed by atoms with E-state index >= 15 is 0 Å². The summed E-state index contributed by atoms with van der Waals surface area (Å²) >= 11 is 11.5. The van der Waals surface area contributed by atoms with Gasteiger partial charge < -0.3 is 20.7 Å². The first-order valence-electron chi connectivity index (χ1n) is 7.25. The third-order valence-electron chi connectivity index (χ3n) is 2.76. The second-order valence-electron chi connectivity index (χ2n) is 4.70. The molecule has 3 amide bonds. The third-order valence-corrected chi connectivity index (χ3v) is 3.50. The first-order chi connectivity index (χ1) is 11.8. The van der Waals surface area contributed by atoms with Gasteiger partial charge in [-0.25, -0.2) is 0 Å². The maximum absolute atomic E-state index is 11.8. The molecule has 136 valence electrons. The van der Waals surface area contributed by atoms with Crippen molar-refractivity contribution in [2.24, 2.45) is 0 Å². The van der Waals surface area contributed by atoms with Gasteiger partial charge in [-0.05, 0) is 25.1 Å². The van der Waals surface area contributed by atoms with Gasteiger partial charge in [0.25, 0.3) is 11.8 Å². The maximum Gasteiger partial charge on any atom is 0.325 e. The van der Waals surface area contributed by atoms with Crippen LogP contribution < -0.4 is 16.0 Å². The van der Waals surface area contributed by atoms with E-state index in [2.05, 4.69) is 20.7 Å². The zero-order valence-electron chi connectivity index (χ0n) is 13.4. The van der Waals surface area contributed by atoms with Gasteiger partial charge in [-0.1, -0.05) is 23.2 Å². The molecule has 1 aromatic rings. The van der Waals surface area contributed by atoms with Crippen LogP contribution in [-0.2, 0) is 19.1 Å². The Hall–Kier alpha value is -2.32. The molecular formula is C15H17Cl2N3O5. The van der Waals surface area contributed by atoms with Crippen molar-refractivity contribution in [3.63, 3.8) is 0 Å². The molecule has 0 aliphatic carbocycles. The lowest BCUT2D eigenvalue weighted by molar-refractivity contribution is -0.147. The summed E-state index contributed by atoms with van der Waals surface area (Å²) in [7, 11) is 0. The van der Waals surface area contributed by atoms with Crippen LogP contribution >= 0.6 is 23.2 Å². The van der Waals surface area contributed by atoms with Gasteiger partial charge in [-0.3, -0.25) is 19.2 Å². The van der Waals surface area contributed by atoms with Crippen LogP contribution in [0, 0.1) is 0 Å². The Kier molecular flexibility index (Phi) is 8.73. The Labute approximate surface area is 154 Å². The quantitative estimate of drug-likeness (QED) is 0.560. The normalized spacial score (nSPS) is 9.88. The molecule has 1 aromatic carbocycles. The van der Waals surface area contributed by atoms with Gasteiger partial charge in [-0.2, -0.15) is 0 Å². The number of nitrogens with one attached hydrogen (secondary N) is 3. The van der Waals surface area contributed by atoms with Gasteiger partial charge in [-0.15, -0.1) is 0 Å². The highest BCUT2D eigenvalue weighted by Gasteiger charge is 2.12. The average molecular weight is 390 g/mol. The van der Waals surface area contributed by atoms with E-state index in [1.54, 1.807) is 6.92 Å². The predicted octanol–water partition coefficient (Wildman–Crippen LogP) is 0.519. The van der Waals surface area contributed by atoms with Crippen molar-refractivity contribution < 1.29 is 23.9 Å². The fraction of sp³-hybridized carbons (Fsp3) is 0.333. The molecule has 0 aliphatic rings. The zero-order chi connectivity index (χ0) is 18.8. The minimum absolute atomic E-state index is 0.209. The number of ether oxygens (including phenoxy) is 1. The molecule has 25 heavy (non-hydrogen) atoms. The van der Waals surface area contributed by atoms with Crippen LogP contribution in [0.3, 0.4) is 0 Å². The number of carbonyl (C=O) groups excluding carboxylic acids is 4. The summed E-state index contributed by atoms with van der Waals surface area (Å²) in [5, 5.41) is 7.61. The molecule has 0 aromatic heterocycles. The fourth-order valence-corrected chi connectivity index (χ4v) is 1.88. The molecule has 0 heterocycles. The van der Waals surface area contributed by atoms with Crippen LogP contribution in [0.4, 0.5) is 0 Å². The van der Waals surface area contributed by atoms with E-state index in [0.29, 0.717) is 11.6 Å². The van der Waals surface area contributed by atoms with Crippen molar-refractivity contribution in [2.75, 3.05) is 26.2 Å². The summed E-state index contributed by atoms with van der Waals surface area (Å²) in [6, 6.07) is 4.26. The number of likely N-dealkylation sites (N-methyl/N-ethyl adjacent to an activating group) is 1. The van der Waals surface area contributed by atoms with E-state index in [4.69, 9.17) is 23.2 Å². The largest absolute Gasteiger partial charge is 0.454 e. The summed E-state index contributed by atoms with van der Waals surface area (Å²) < 4.78 is 4.68. The van der Waals surface area contributed by atoms with Crippen LogP contribution in [0.2, 0.25) is 10.0 Å². The monoisotopic (exact) mass is 389 g/mol. The summed E-state index contributed by atoms with van der Waals surface area (Å²) in [5.41, 5.74) is 0.224. The van der Waals surface area contributed by atoms with Crippen molar-refractivity contribution in [1.29, 1.82) is 0 Å². The van der Waals surface area contributed by atoms with Gasteiger partial charge in [0.1, 0.15) is 6.54 Å². The molecule has 1 rings (SSSR count). The number of hydrogen-bond acceptors (Lipinski definition) is 5. The predicted molar refractivity (Wildman–Crippen MR) is 91.4 cm³/mol. The second-order valence-corrected chi connectivity index (χ2v) is 5.52. The summed E-state index contributed by atoms with van der Waals surface area (Å²) in [6.45, 7) is 0.998. The van der Waals surface area contributed by atoms with E-state index in [0.717, 1.165) is 0 Å². The Bertz CT molecular complexity index is 667. The Morgan fingerprint density at radius 1 is 0.960 bits per heavy atom. The van der Waals surface area contributed by atoms with E-state index in [-0.39, 0.29) is 23.0 Å². The molecule has 0 spiro atoms. The number of esters is 1. The topological polar surface area (TPSA) is 114 Å². The van der Waals surface area contributed by atoms with Crippen LogP contribution in [0.1, 0.15) is 17.3 Å². The van der Waals surface area contributed by atoms with Crippen LogP contribution in [0.25, 0.3) is 0 Å². The molecule has 3 N–H and O–H groups in total. The summed E-state index contributed by atoms with van der Waals surface area (Å²) in [6.07, 6.45) is 0. The van der Waals surface area contributed by atoms with Crippen LogP contribution in [0.5, 0.6) is 0 Å². The lowest BCUT2D eigenvalue weighted by Crippen LogP contribution is -2.39. The van der Waals surface area contributed by atoms with Gasteiger partial charge in [0.2, 0.25) is 5.91 Å². The van der Waals surface area contributed by atoms with E-state index in [1.807, 2.05) is 0 Å². The SMILES string of the molecule is CCNC(=O)CNC(=O)COC(=O)CNC(=O)c1ccc(Cl)c(Cl)c1. The summed E-state index contributed by atoms with van der Waals surface area (Å²) in [5.74, 6) is -2.33. The number of carbonyl (C=O) groups is 4. The standard InChI is InChI=1S/C15H17Cl2N3O5/c1-2-18-12(21)6-19-13(22)8-25-14(23)7-20-15(24)9-3-4-10(16)11(17)5-9/h3-5H,2,6-8H2,1H3,(H,18,21)(H,19,22)(H,20,24). The molecule has 0 unspecified atom stereocenters. The molecule has 0 radical (unpaired) electrons. The van der Waals surface area contributed by atoms with Gasteiger partial charge in [0, 0.05) is 12.1 Å². The van der Waals surface area contributed by atoms with Crippen LogP contribution in [0.15, 0.2) is 18.2 Å². The molecule has 0 fully saturated rings. The molecule has 0 aliphatic heterocycles. The van der Waals surface area contributed by atoms with Gasteiger partial charge in [0.05, 0.1) is 16.6 Å². The Morgan fingerprint density at radius 3 is 2.32 bits per heavy atom. The smallest absolute Gasteiger partial charge is 0.325 e. The molecule has 0 bridgehead atoms. The number of benzene rings is 1. The molecule has 0 atom stereocenters. The van der Waals surface area contributed by atoms with E-state index in [1.165, 1.54) is 18.2 Å². The molecule has 0 saturated carbocycles. The molecule has 0 saturated heterocycles. The molecule has 8 nitrogen and oxygen atoms in total. The average Bonchev–Trinajstić information content (AvgIpc) is 2.58. The minimum Gasteiger partial charge on any atom is -0.454 e. The lowest BCUT2D eigenvalue weighted by atomic mass is 10.2. The zero-order valence-corrected chi connectivity index (χ0v) is 14.9. The molecule has 10 heteroatoms. The van der Waals surface area contributed by atoms with Crippen LogP contribution in [-0.4, -0.2) is 49.9 Å².